The molecule has 0 aromatic heterocycles. The van der Waals surface area contributed by atoms with Crippen LogP contribution in [0.15, 0.2) is 0 Å². The molecule has 1 aliphatic heterocycles. The van der Waals surface area contributed by atoms with Crippen molar-refractivity contribution in [2.45, 2.75) is 18.9 Å². The molecule has 4 nitrogen and oxygen atoms in total. The molecule has 1 unspecified atom stereocenters. The lowest BCUT2D eigenvalue weighted by atomic mass is 10.2. The van der Waals surface area contributed by atoms with Crippen LogP contribution in [0.25, 0.3) is 0 Å². The van der Waals surface area contributed by atoms with Crippen molar-refractivity contribution in [2.75, 3.05) is 26.7 Å². The molecule has 0 aliphatic carbocycles. The molecule has 1 heterocycles. The lowest BCUT2D eigenvalue weighted by Crippen LogP contribution is -2.45. The highest BCUT2D eigenvalue weighted by atomic mass is 16.5. The summed E-state index contributed by atoms with van der Waals surface area (Å²) >= 11 is 0. The smallest absolute Gasteiger partial charge is 0.324 e. The van der Waals surface area contributed by atoms with Gasteiger partial charge >= 0.3 is 5.97 Å². The normalized spacial score (nSPS) is 20.8. The summed E-state index contributed by atoms with van der Waals surface area (Å²) < 4.78 is 4.66. The minimum atomic E-state index is -0.225. The predicted molar refractivity (Wildman–Crippen MR) is 45.7 cm³/mol. The van der Waals surface area contributed by atoms with Crippen molar-refractivity contribution in [1.29, 1.82) is 0 Å². The number of nitrogens with two attached hydrogens (primary N) is 1. The Morgan fingerprint density at radius 1 is 1.58 bits per heavy atom. The number of carbonyl (C=O) groups excluding carboxylic acids is 1. The molecular weight excluding hydrogens is 156 g/mol. The second-order valence-electron chi connectivity index (χ2n) is 3.02. The number of hydrogen-bond donors (Lipinski definition) is 1. The number of rotatable bonds is 3. The van der Waals surface area contributed by atoms with Crippen molar-refractivity contribution in [3.8, 4) is 0 Å². The minimum Gasteiger partial charge on any atom is -0.468 e. The molecule has 0 aromatic rings. The molecule has 1 saturated heterocycles. The molecule has 2 N–H and O–H groups in total. The lowest BCUT2D eigenvalue weighted by molar-refractivity contribution is -0.146. The Bertz CT molecular complexity index is 155. The van der Waals surface area contributed by atoms with Gasteiger partial charge in [-0.25, -0.2) is 0 Å². The highest BCUT2D eigenvalue weighted by Crippen LogP contribution is 2.11. The van der Waals surface area contributed by atoms with Crippen molar-refractivity contribution in [1.82, 2.24) is 4.90 Å². The Labute approximate surface area is 72.7 Å². The standard InChI is InChI=1S/C8H16N2O2/c1-12-8(11)7(6-9)10-4-2-3-5-10/h7H,2-6,9H2,1H3. The van der Waals surface area contributed by atoms with Gasteiger partial charge in [0.2, 0.25) is 0 Å². The van der Waals surface area contributed by atoms with Gasteiger partial charge in [0.25, 0.3) is 0 Å². The average molecular weight is 172 g/mol. The molecule has 1 rings (SSSR count). The summed E-state index contributed by atoms with van der Waals surface area (Å²) in [6.45, 7) is 2.29. The van der Waals surface area contributed by atoms with Crippen molar-refractivity contribution in [2.24, 2.45) is 5.73 Å². The van der Waals surface area contributed by atoms with Crippen LogP contribution < -0.4 is 5.73 Å². The van der Waals surface area contributed by atoms with Crippen molar-refractivity contribution in [3.63, 3.8) is 0 Å². The summed E-state index contributed by atoms with van der Waals surface area (Å²) in [5, 5.41) is 0. The molecule has 0 bridgehead atoms. The van der Waals surface area contributed by atoms with Crippen LogP contribution in [0.4, 0.5) is 0 Å². The maximum Gasteiger partial charge on any atom is 0.324 e. The summed E-state index contributed by atoms with van der Waals surface area (Å²) in [5.74, 6) is -0.209. The van der Waals surface area contributed by atoms with E-state index in [1.807, 2.05) is 0 Å². The van der Waals surface area contributed by atoms with Crippen LogP contribution in [-0.2, 0) is 9.53 Å². The number of ether oxygens (including phenoxy) is 1. The fraction of sp³-hybridized carbons (Fsp3) is 0.875. The number of hydrogen-bond acceptors (Lipinski definition) is 4. The van der Waals surface area contributed by atoms with E-state index in [9.17, 15) is 4.79 Å². The maximum absolute atomic E-state index is 11.2. The molecule has 4 heteroatoms. The Kier molecular flexibility index (Phi) is 3.49. The number of carbonyl (C=O) groups is 1. The van der Waals surface area contributed by atoms with Gasteiger partial charge in [0, 0.05) is 6.54 Å². The molecular formula is C8H16N2O2. The quantitative estimate of drug-likeness (QED) is 0.588. The van der Waals surface area contributed by atoms with Crippen LogP contribution in [0, 0.1) is 0 Å². The third-order valence-corrected chi connectivity index (χ3v) is 2.28. The van der Waals surface area contributed by atoms with Crippen LogP contribution in [0.2, 0.25) is 0 Å². The zero-order valence-electron chi connectivity index (χ0n) is 7.45. The van der Waals surface area contributed by atoms with Gasteiger partial charge in [-0.1, -0.05) is 0 Å². The summed E-state index contributed by atoms with van der Waals surface area (Å²) in [7, 11) is 1.40. The first-order valence-electron chi connectivity index (χ1n) is 4.31. The van der Waals surface area contributed by atoms with E-state index in [1.54, 1.807) is 0 Å². The lowest BCUT2D eigenvalue weighted by Gasteiger charge is -2.23. The number of likely N-dealkylation sites (tertiary alicyclic amines) is 1. The SMILES string of the molecule is COC(=O)C(CN)N1CCCC1. The largest absolute Gasteiger partial charge is 0.468 e. The van der Waals surface area contributed by atoms with E-state index in [0.717, 1.165) is 25.9 Å². The summed E-state index contributed by atoms with van der Waals surface area (Å²) in [6, 6.07) is -0.225. The van der Waals surface area contributed by atoms with Gasteiger partial charge in [0.05, 0.1) is 7.11 Å². The second-order valence-corrected chi connectivity index (χ2v) is 3.02. The van der Waals surface area contributed by atoms with Crippen LogP contribution >= 0.6 is 0 Å². The fourth-order valence-electron chi connectivity index (χ4n) is 1.58. The number of nitrogens with zero attached hydrogens (tertiary/aromatic N) is 1. The molecule has 1 aliphatic rings. The topological polar surface area (TPSA) is 55.6 Å². The van der Waals surface area contributed by atoms with E-state index in [4.69, 9.17) is 5.73 Å². The first-order chi connectivity index (χ1) is 5.79. The Morgan fingerprint density at radius 2 is 2.17 bits per heavy atom. The fourth-order valence-corrected chi connectivity index (χ4v) is 1.58. The van der Waals surface area contributed by atoms with E-state index in [2.05, 4.69) is 9.64 Å². The van der Waals surface area contributed by atoms with Gasteiger partial charge in [0.15, 0.2) is 0 Å². The molecule has 0 aromatic carbocycles. The van der Waals surface area contributed by atoms with Gasteiger partial charge in [-0.15, -0.1) is 0 Å². The van der Waals surface area contributed by atoms with Gasteiger partial charge in [-0.05, 0) is 25.9 Å². The monoisotopic (exact) mass is 172 g/mol. The number of esters is 1. The van der Waals surface area contributed by atoms with Crippen LogP contribution in [0.3, 0.4) is 0 Å². The van der Waals surface area contributed by atoms with Gasteiger partial charge in [-0.2, -0.15) is 0 Å². The molecule has 0 spiro atoms. The molecule has 70 valence electrons. The minimum absolute atomic E-state index is 0.209. The average Bonchev–Trinajstić information content (AvgIpc) is 2.58. The molecule has 0 radical (unpaired) electrons. The van der Waals surface area contributed by atoms with E-state index >= 15 is 0 Å². The molecule has 0 saturated carbocycles. The molecule has 12 heavy (non-hydrogen) atoms. The first-order valence-corrected chi connectivity index (χ1v) is 4.31. The van der Waals surface area contributed by atoms with Gasteiger partial charge in [-0.3, -0.25) is 9.69 Å². The summed E-state index contributed by atoms with van der Waals surface area (Å²) in [5.41, 5.74) is 5.49. The maximum atomic E-state index is 11.2. The zero-order valence-corrected chi connectivity index (χ0v) is 7.45. The Hall–Kier alpha value is -0.610. The van der Waals surface area contributed by atoms with Crippen LogP contribution in [0.1, 0.15) is 12.8 Å². The highest BCUT2D eigenvalue weighted by Gasteiger charge is 2.27. The predicted octanol–water partition coefficient (Wildman–Crippen LogP) is -0.417. The summed E-state index contributed by atoms with van der Waals surface area (Å²) in [4.78, 5) is 13.3. The molecule has 0 amide bonds. The zero-order chi connectivity index (χ0) is 8.97. The van der Waals surface area contributed by atoms with Crippen LogP contribution in [-0.4, -0.2) is 43.7 Å². The Balaban J connectivity index is 2.48. The first kappa shape index (κ1) is 9.48. The van der Waals surface area contributed by atoms with Gasteiger partial charge in [0.1, 0.15) is 6.04 Å². The van der Waals surface area contributed by atoms with Crippen molar-refractivity contribution in [3.05, 3.63) is 0 Å². The van der Waals surface area contributed by atoms with E-state index < -0.39 is 0 Å². The highest BCUT2D eigenvalue weighted by molar-refractivity contribution is 5.75. The third-order valence-electron chi connectivity index (χ3n) is 2.28. The number of methoxy groups -OCH3 is 1. The van der Waals surface area contributed by atoms with Gasteiger partial charge < -0.3 is 10.5 Å². The Morgan fingerprint density at radius 3 is 2.58 bits per heavy atom. The van der Waals surface area contributed by atoms with E-state index in [0.29, 0.717) is 6.54 Å². The molecule has 1 atom stereocenters. The summed E-state index contributed by atoms with van der Waals surface area (Å²) in [6.07, 6.45) is 2.32. The second kappa shape index (κ2) is 4.42. The third kappa shape index (κ3) is 1.95. The molecule has 1 fully saturated rings. The van der Waals surface area contributed by atoms with Crippen LogP contribution in [0.5, 0.6) is 0 Å². The van der Waals surface area contributed by atoms with E-state index in [1.165, 1.54) is 7.11 Å². The van der Waals surface area contributed by atoms with Crippen molar-refractivity contribution < 1.29 is 9.53 Å². The van der Waals surface area contributed by atoms with Crippen molar-refractivity contribution >= 4 is 5.97 Å². The van der Waals surface area contributed by atoms with E-state index in [-0.39, 0.29) is 12.0 Å².